The molecule has 0 saturated carbocycles. The summed E-state index contributed by atoms with van der Waals surface area (Å²) in [5, 5.41) is 15.4. The van der Waals surface area contributed by atoms with Crippen LogP contribution in [-0.4, -0.2) is 22.0 Å². The van der Waals surface area contributed by atoms with Crippen LogP contribution in [0.5, 0.6) is 0 Å². The maximum absolute atomic E-state index is 11.5. The second-order valence-electron chi connectivity index (χ2n) is 5.94. The van der Waals surface area contributed by atoms with Gasteiger partial charge >= 0.3 is 0 Å². The molecule has 1 aromatic carbocycles. The summed E-state index contributed by atoms with van der Waals surface area (Å²) in [6.07, 6.45) is 1.35. The molecule has 6 nitrogen and oxygen atoms in total. The smallest absolute Gasteiger partial charge is 0.196 e. The Balaban J connectivity index is 2.17. The van der Waals surface area contributed by atoms with Gasteiger partial charge in [0.2, 0.25) is 0 Å². The number of hydrogen-bond acceptors (Lipinski definition) is 6. The summed E-state index contributed by atoms with van der Waals surface area (Å²) in [4.78, 5) is 20.5. The predicted octanol–water partition coefficient (Wildman–Crippen LogP) is 2.51. The Morgan fingerprint density at radius 2 is 2.04 bits per heavy atom. The Bertz CT molecular complexity index is 888. The Morgan fingerprint density at radius 3 is 2.71 bits per heavy atom. The third-order valence-corrected chi connectivity index (χ3v) is 4.34. The van der Waals surface area contributed by atoms with E-state index in [1.165, 1.54) is 0 Å². The lowest BCUT2D eigenvalue weighted by Gasteiger charge is -2.25. The standard InChI is InChI=1S/C18H21N3O3/c1-4-10(3)14(18(22)23)21-17-16-15(19-13(5-2)20-17)11-8-6-7-9-12(11)24-16/h6-10,14H,4-5H2,1-3H3,(H,22,23)(H,19,20,21)/p-1/t10-,14+/m1/s1. The van der Waals surface area contributed by atoms with E-state index in [1.54, 1.807) is 0 Å². The van der Waals surface area contributed by atoms with Crippen LogP contribution in [0, 0.1) is 5.92 Å². The van der Waals surface area contributed by atoms with Crippen molar-refractivity contribution in [1.82, 2.24) is 9.97 Å². The molecule has 2 atom stereocenters. The minimum absolute atomic E-state index is 0.102. The second-order valence-corrected chi connectivity index (χ2v) is 5.94. The molecule has 0 fully saturated rings. The summed E-state index contributed by atoms with van der Waals surface area (Å²) in [5.41, 5.74) is 1.87. The Hall–Kier alpha value is -2.63. The van der Waals surface area contributed by atoms with E-state index in [0.717, 1.165) is 5.39 Å². The summed E-state index contributed by atoms with van der Waals surface area (Å²) in [6.45, 7) is 5.76. The molecule has 0 aliphatic rings. The van der Waals surface area contributed by atoms with Crippen LogP contribution >= 0.6 is 0 Å². The molecule has 0 aliphatic carbocycles. The van der Waals surface area contributed by atoms with Crippen LogP contribution in [0.1, 0.15) is 33.0 Å². The molecule has 0 spiro atoms. The number of anilines is 1. The van der Waals surface area contributed by atoms with E-state index >= 15 is 0 Å². The molecule has 0 bridgehead atoms. The molecule has 3 aromatic rings. The van der Waals surface area contributed by atoms with Gasteiger partial charge in [-0.15, -0.1) is 0 Å². The van der Waals surface area contributed by atoms with Crippen molar-refractivity contribution < 1.29 is 14.3 Å². The average molecular weight is 326 g/mol. The maximum atomic E-state index is 11.5. The van der Waals surface area contributed by atoms with E-state index in [-0.39, 0.29) is 5.92 Å². The van der Waals surface area contributed by atoms with Crippen molar-refractivity contribution in [2.75, 3.05) is 5.32 Å². The van der Waals surface area contributed by atoms with Gasteiger partial charge < -0.3 is 19.6 Å². The molecule has 126 valence electrons. The molecular weight excluding hydrogens is 306 g/mol. The van der Waals surface area contributed by atoms with Crippen LogP contribution in [0.25, 0.3) is 22.1 Å². The predicted molar refractivity (Wildman–Crippen MR) is 90.6 cm³/mol. The molecule has 0 unspecified atom stereocenters. The Morgan fingerprint density at radius 1 is 1.29 bits per heavy atom. The van der Waals surface area contributed by atoms with Crippen LogP contribution in [0.4, 0.5) is 5.82 Å². The molecule has 3 rings (SSSR count). The largest absolute Gasteiger partial charge is 0.548 e. The van der Waals surface area contributed by atoms with Crippen molar-refractivity contribution in [3.8, 4) is 0 Å². The van der Waals surface area contributed by atoms with Crippen LogP contribution in [-0.2, 0) is 11.2 Å². The van der Waals surface area contributed by atoms with Crippen molar-refractivity contribution in [3.05, 3.63) is 30.1 Å². The van der Waals surface area contributed by atoms with Gasteiger partial charge in [0.15, 0.2) is 11.4 Å². The highest BCUT2D eigenvalue weighted by molar-refractivity contribution is 6.05. The maximum Gasteiger partial charge on any atom is 0.196 e. The minimum Gasteiger partial charge on any atom is -0.548 e. The van der Waals surface area contributed by atoms with Gasteiger partial charge in [0, 0.05) is 11.8 Å². The van der Waals surface area contributed by atoms with Crippen molar-refractivity contribution in [2.45, 2.75) is 39.7 Å². The number of nitrogens with one attached hydrogen (secondary N) is 1. The van der Waals surface area contributed by atoms with E-state index in [0.29, 0.717) is 41.2 Å². The van der Waals surface area contributed by atoms with E-state index in [2.05, 4.69) is 15.3 Å². The summed E-state index contributed by atoms with van der Waals surface area (Å²) < 4.78 is 5.88. The molecule has 2 aromatic heterocycles. The zero-order valence-corrected chi connectivity index (χ0v) is 14.0. The van der Waals surface area contributed by atoms with Gasteiger partial charge in [0.1, 0.15) is 16.9 Å². The number of hydrogen-bond donors (Lipinski definition) is 1. The number of para-hydroxylation sites is 1. The van der Waals surface area contributed by atoms with Gasteiger partial charge in [0.05, 0.1) is 12.0 Å². The number of benzene rings is 1. The Labute approximate surface area is 139 Å². The van der Waals surface area contributed by atoms with Crippen LogP contribution in [0.2, 0.25) is 0 Å². The number of furan rings is 1. The molecule has 1 N–H and O–H groups in total. The fourth-order valence-corrected chi connectivity index (χ4v) is 2.71. The zero-order chi connectivity index (χ0) is 17.3. The number of nitrogens with zero attached hydrogens (tertiary/aromatic N) is 2. The lowest BCUT2D eigenvalue weighted by atomic mass is 9.99. The highest BCUT2D eigenvalue weighted by atomic mass is 16.4. The quantitative estimate of drug-likeness (QED) is 0.748. The van der Waals surface area contributed by atoms with Crippen molar-refractivity contribution in [1.29, 1.82) is 0 Å². The molecule has 24 heavy (non-hydrogen) atoms. The van der Waals surface area contributed by atoms with Crippen LogP contribution in [0.3, 0.4) is 0 Å². The number of carbonyl (C=O) groups excluding carboxylic acids is 1. The molecule has 0 aliphatic heterocycles. The number of carbonyl (C=O) groups is 1. The molecule has 0 amide bonds. The van der Waals surface area contributed by atoms with Crippen molar-refractivity contribution in [2.24, 2.45) is 5.92 Å². The fourth-order valence-electron chi connectivity index (χ4n) is 2.71. The lowest BCUT2D eigenvalue weighted by molar-refractivity contribution is -0.307. The fraction of sp³-hybridized carbons (Fsp3) is 0.389. The molecule has 2 heterocycles. The summed E-state index contributed by atoms with van der Waals surface area (Å²) in [6, 6.07) is 6.75. The van der Waals surface area contributed by atoms with Gasteiger partial charge in [-0.2, -0.15) is 0 Å². The highest BCUT2D eigenvalue weighted by Crippen LogP contribution is 2.32. The SMILES string of the molecule is CCc1nc(N[C@H](C(=O)[O-])[C@H](C)CC)c2oc3ccccc3c2n1. The third kappa shape index (κ3) is 2.79. The van der Waals surface area contributed by atoms with Gasteiger partial charge in [-0.3, -0.25) is 0 Å². The van der Waals surface area contributed by atoms with E-state index in [1.807, 2.05) is 45.0 Å². The molecule has 0 radical (unpaired) electrons. The minimum atomic E-state index is -1.15. The van der Waals surface area contributed by atoms with Crippen molar-refractivity contribution >= 4 is 33.9 Å². The first-order chi connectivity index (χ1) is 11.5. The third-order valence-electron chi connectivity index (χ3n) is 4.34. The number of carboxylic acids is 1. The van der Waals surface area contributed by atoms with Crippen LogP contribution in [0.15, 0.2) is 28.7 Å². The van der Waals surface area contributed by atoms with E-state index in [9.17, 15) is 9.90 Å². The molecular formula is C18H20N3O3-. The monoisotopic (exact) mass is 326 g/mol. The van der Waals surface area contributed by atoms with Gasteiger partial charge in [0.25, 0.3) is 0 Å². The number of carboxylic acid groups (broad SMARTS) is 1. The van der Waals surface area contributed by atoms with Crippen LogP contribution < -0.4 is 10.4 Å². The highest BCUT2D eigenvalue weighted by Gasteiger charge is 2.21. The first-order valence-corrected chi connectivity index (χ1v) is 8.20. The number of aromatic nitrogens is 2. The number of rotatable bonds is 6. The zero-order valence-electron chi connectivity index (χ0n) is 14.0. The van der Waals surface area contributed by atoms with Crippen molar-refractivity contribution in [3.63, 3.8) is 0 Å². The number of aliphatic carboxylic acids is 1. The summed E-state index contributed by atoms with van der Waals surface area (Å²) in [5.74, 6) is -0.208. The average Bonchev–Trinajstić information content (AvgIpc) is 2.97. The first kappa shape index (κ1) is 16.2. The summed E-state index contributed by atoms with van der Waals surface area (Å²) >= 11 is 0. The van der Waals surface area contributed by atoms with E-state index < -0.39 is 12.0 Å². The van der Waals surface area contributed by atoms with Gasteiger partial charge in [-0.1, -0.05) is 39.3 Å². The molecule has 0 saturated heterocycles. The number of fused-ring (bicyclic) bond motifs is 3. The second kappa shape index (κ2) is 6.47. The topological polar surface area (TPSA) is 91.1 Å². The molecule has 6 heteroatoms. The lowest BCUT2D eigenvalue weighted by Crippen LogP contribution is -2.45. The normalized spacial score (nSPS) is 14.0. The summed E-state index contributed by atoms with van der Waals surface area (Å²) in [7, 11) is 0. The van der Waals surface area contributed by atoms with Gasteiger partial charge in [-0.05, 0) is 18.1 Å². The van der Waals surface area contributed by atoms with Gasteiger partial charge in [-0.25, -0.2) is 9.97 Å². The van der Waals surface area contributed by atoms with E-state index in [4.69, 9.17) is 4.42 Å². The first-order valence-electron chi connectivity index (χ1n) is 8.20. The number of aryl methyl sites for hydroxylation is 1. The Kier molecular flexibility index (Phi) is 4.38.